The van der Waals surface area contributed by atoms with Crippen LogP contribution >= 0.6 is 11.3 Å². The van der Waals surface area contributed by atoms with E-state index in [9.17, 15) is 4.79 Å². The van der Waals surface area contributed by atoms with Crippen molar-refractivity contribution in [3.05, 3.63) is 16.3 Å². The number of hydrogen-bond acceptors (Lipinski definition) is 5. The summed E-state index contributed by atoms with van der Waals surface area (Å²) in [7, 11) is 0. The first-order valence-electron chi connectivity index (χ1n) is 11.2. The van der Waals surface area contributed by atoms with Crippen LogP contribution < -0.4 is 15.1 Å². The highest BCUT2D eigenvalue weighted by Crippen LogP contribution is 2.40. The molecule has 0 atom stereocenters. The maximum atomic E-state index is 12.3. The van der Waals surface area contributed by atoms with Crippen LogP contribution in [0.5, 0.6) is 0 Å². The van der Waals surface area contributed by atoms with Gasteiger partial charge >= 0.3 is 0 Å². The van der Waals surface area contributed by atoms with Crippen molar-refractivity contribution in [3.63, 3.8) is 0 Å². The number of likely N-dealkylation sites (N-methyl/N-ethyl adjacent to an activating group) is 2. The number of piperidine rings is 1. The third kappa shape index (κ3) is 4.40. The Hall–Kier alpha value is -1.73. The Morgan fingerprint density at radius 3 is 2.76 bits per heavy atom. The number of amides is 1. The van der Waals surface area contributed by atoms with Gasteiger partial charge in [-0.2, -0.15) is 0 Å². The molecule has 2 N–H and O–H groups in total. The number of aromatic nitrogens is 2. The van der Waals surface area contributed by atoms with Gasteiger partial charge in [-0.25, -0.2) is 9.97 Å². The maximum Gasteiger partial charge on any atom is 0.239 e. The van der Waals surface area contributed by atoms with Crippen LogP contribution in [-0.4, -0.2) is 48.6 Å². The second-order valence-corrected chi connectivity index (χ2v) is 9.66. The van der Waals surface area contributed by atoms with Crippen LogP contribution in [0, 0.1) is 5.92 Å². The molecule has 0 saturated carbocycles. The highest BCUT2D eigenvalue weighted by Gasteiger charge is 2.27. The maximum absolute atomic E-state index is 12.3. The van der Waals surface area contributed by atoms with Crippen LogP contribution in [0.15, 0.2) is 0 Å². The average molecular weight is 417 g/mol. The highest BCUT2D eigenvalue weighted by molar-refractivity contribution is 7.19. The molecule has 1 fully saturated rings. The number of aryl methyl sites for hydroxylation is 2. The van der Waals surface area contributed by atoms with Crippen molar-refractivity contribution in [1.29, 1.82) is 0 Å². The zero-order valence-electron chi connectivity index (χ0n) is 18.0. The molecule has 1 aliphatic heterocycles. The Bertz CT molecular complexity index is 872. The molecule has 0 spiro atoms. The Morgan fingerprint density at radius 1 is 1.24 bits per heavy atom. The Morgan fingerprint density at radius 2 is 2.03 bits per heavy atom. The van der Waals surface area contributed by atoms with E-state index in [1.807, 2.05) is 18.3 Å². The van der Waals surface area contributed by atoms with E-state index in [4.69, 9.17) is 9.97 Å². The molecule has 7 heteroatoms. The van der Waals surface area contributed by atoms with E-state index >= 15 is 0 Å². The number of quaternary nitrogens is 1. The third-order valence-corrected chi connectivity index (χ3v) is 7.56. The largest absolute Gasteiger partial charge is 0.355 e. The number of rotatable bonds is 7. The van der Waals surface area contributed by atoms with Gasteiger partial charge in [0.05, 0.1) is 25.0 Å². The lowest BCUT2D eigenvalue weighted by atomic mass is 9.99. The van der Waals surface area contributed by atoms with E-state index < -0.39 is 0 Å². The molecular formula is C22H34N5OS+. The fourth-order valence-corrected chi connectivity index (χ4v) is 5.94. The van der Waals surface area contributed by atoms with Crippen molar-refractivity contribution in [2.24, 2.45) is 5.92 Å². The summed E-state index contributed by atoms with van der Waals surface area (Å²) in [5.74, 6) is 2.81. The number of likely N-dealkylation sites (tertiary alicyclic amines) is 1. The zero-order valence-corrected chi connectivity index (χ0v) is 18.8. The summed E-state index contributed by atoms with van der Waals surface area (Å²) in [6, 6.07) is 0. The lowest BCUT2D eigenvalue weighted by molar-refractivity contribution is -0.920. The first-order valence-corrected chi connectivity index (χ1v) is 12.1. The zero-order chi connectivity index (χ0) is 20.4. The number of carbonyl (C=O) groups excluding carboxylic acids is 1. The predicted molar refractivity (Wildman–Crippen MR) is 119 cm³/mol. The third-order valence-electron chi connectivity index (χ3n) is 6.37. The fraction of sp³-hybridized carbons (Fsp3) is 0.682. The fourth-order valence-electron chi connectivity index (χ4n) is 4.66. The molecule has 4 rings (SSSR count). The van der Waals surface area contributed by atoms with Gasteiger partial charge in [-0.15, -0.1) is 11.3 Å². The second-order valence-electron chi connectivity index (χ2n) is 8.58. The molecule has 0 unspecified atom stereocenters. The molecule has 3 heterocycles. The quantitative estimate of drug-likeness (QED) is 0.724. The van der Waals surface area contributed by atoms with E-state index in [2.05, 4.69) is 24.1 Å². The Kier molecular flexibility index (Phi) is 6.35. The second kappa shape index (κ2) is 8.96. The van der Waals surface area contributed by atoms with Gasteiger partial charge in [0.2, 0.25) is 5.91 Å². The molecule has 0 bridgehead atoms. The number of thiophene rings is 1. The average Bonchev–Trinajstić information content (AvgIpc) is 3.28. The minimum absolute atomic E-state index is 0.0604. The number of fused-ring (bicyclic) bond motifs is 3. The Balaban J connectivity index is 1.68. The lowest BCUT2D eigenvalue weighted by Gasteiger charge is -2.27. The number of hydrogen-bond donors (Lipinski definition) is 2. The van der Waals surface area contributed by atoms with Gasteiger partial charge in [-0.05, 0) is 57.4 Å². The summed E-state index contributed by atoms with van der Waals surface area (Å²) in [6.45, 7) is 11.5. The van der Waals surface area contributed by atoms with Crippen molar-refractivity contribution < 1.29 is 9.69 Å². The number of nitrogens with zero attached hydrogens (tertiary/aromatic N) is 3. The molecule has 1 amide bonds. The summed E-state index contributed by atoms with van der Waals surface area (Å²) in [5.41, 5.74) is 1.43. The number of carbonyl (C=O) groups is 1. The smallest absolute Gasteiger partial charge is 0.239 e. The first-order chi connectivity index (χ1) is 14.1. The van der Waals surface area contributed by atoms with Crippen LogP contribution in [0.25, 0.3) is 10.2 Å². The number of anilines is 1. The SMILES string of the molecule is CCNC(=O)CN(CC)c1nc(C[NH+]2CCC(C)CC2)nc2sc3c(c12)CCC3. The van der Waals surface area contributed by atoms with Gasteiger partial charge in [-0.1, -0.05) is 6.92 Å². The van der Waals surface area contributed by atoms with Gasteiger partial charge in [0.25, 0.3) is 0 Å². The van der Waals surface area contributed by atoms with Gasteiger partial charge in [0.15, 0.2) is 5.82 Å². The van der Waals surface area contributed by atoms with Crippen LogP contribution in [0.1, 0.15) is 56.3 Å². The van der Waals surface area contributed by atoms with Crippen molar-refractivity contribution in [1.82, 2.24) is 15.3 Å². The van der Waals surface area contributed by atoms with E-state index in [1.54, 1.807) is 4.90 Å². The molecular weight excluding hydrogens is 382 g/mol. The topological polar surface area (TPSA) is 62.6 Å². The van der Waals surface area contributed by atoms with Crippen LogP contribution in [0.3, 0.4) is 0 Å². The van der Waals surface area contributed by atoms with Crippen molar-refractivity contribution in [2.45, 2.75) is 59.4 Å². The molecule has 6 nitrogen and oxygen atoms in total. The van der Waals surface area contributed by atoms with E-state index in [0.717, 1.165) is 48.3 Å². The van der Waals surface area contributed by atoms with Gasteiger partial charge in [0, 0.05) is 18.0 Å². The monoisotopic (exact) mass is 416 g/mol. The molecule has 29 heavy (non-hydrogen) atoms. The predicted octanol–water partition coefficient (Wildman–Crippen LogP) is 1.96. The summed E-state index contributed by atoms with van der Waals surface area (Å²) in [5, 5.41) is 4.14. The van der Waals surface area contributed by atoms with Crippen molar-refractivity contribution in [2.75, 3.05) is 37.6 Å². The molecule has 2 aromatic heterocycles. The number of nitrogens with one attached hydrogen (secondary N) is 2. The minimum atomic E-state index is 0.0604. The van der Waals surface area contributed by atoms with E-state index in [0.29, 0.717) is 13.1 Å². The minimum Gasteiger partial charge on any atom is -0.355 e. The summed E-state index contributed by atoms with van der Waals surface area (Å²) in [4.78, 5) is 28.7. The molecule has 2 aromatic rings. The molecule has 0 aromatic carbocycles. The van der Waals surface area contributed by atoms with E-state index in [-0.39, 0.29) is 5.91 Å². The molecule has 1 saturated heterocycles. The first kappa shape index (κ1) is 20.5. The van der Waals surface area contributed by atoms with Crippen LogP contribution in [0.4, 0.5) is 5.82 Å². The molecule has 0 radical (unpaired) electrons. The van der Waals surface area contributed by atoms with Crippen LogP contribution in [-0.2, 0) is 24.2 Å². The Labute approximate surface area is 177 Å². The molecule has 158 valence electrons. The van der Waals surface area contributed by atoms with Gasteiger partial charge in [-0.3, -0.25) is 4.79 Å². The van der Waals surface area contributed by atoms with Gasteiger partial charge in [0.1, 0.15) is 17.2 Å². The molecule has 1 aliphatic carbocycles. The van der Waals surface area contributed by atoms with Crippen molar-refractivity contribution in [3.8, 4) is 0 Å². The van der Waals surface area contributed by atoms with Gasteiger partial charge < -0.3 is 15.1 Å². The standard InChI is InChI=1S/C22H33N5OS/c1-4-23-19(28)14-27(5-2)21-20-16-7-6-8-17(16)29-22(20)25-18(24-21)13-26-11-9-15(3)10-12-26/h15H,4-14H2,1-3H3,(H,23,28)/p+1. The van der Waals surface area contributed by atoms with Crippen molar-refractivity contribution >= 4 is 33.3 Å². The normalized spacial score (nSPS) is 21.3. The summed E-state index contributed by atoms with van der Waals surface area (Å²) in [6.07, 6.45) is 6.06. The summed E-state index contributed by atoms with van der Waals surface area (Å²) < 4.78 is 0. The molecule has 2 aliphatic rings. The summed E-state index contributed by atoms with van der Waals surface area (Å²) >= 11 is 1.85. The van der Waals surface area contributed by atoms with Crippen LogP contribution in [0.2, 0.25) is 0 Å². The van der Waals surface area contributed by atoms with E-state index in [1.165, 1.54) is 48.2 Å². The highest BCUT2D eigenvalue weighted by atomic mass is 32.1. The lowest BCUT2D eigenvalue weighted by Crippen LogP contribution is -3.11.